The molecule has 0 aromatic rings. The second-order valence-electron chi connectivity index (χ2n) is 6.04. The van der Waals surface area contributed by atoms with E-state index in [9.17, 15) is 0 Å². The Morgan fingerprint density at radius 1 is 1.23 bits per heavy atom. The van der Waals surface area contributed by atoms with Gasteiger partial charge in [0, 0.05) is 6.54 Å². The number of hydrogen-bond donors (Lipinski definition) is 0. The van der Waals surface area contributed by atoms with Crippen LogP contribution in [0.3, 0.4) is 0 Å². The number of rotatable bonds is 2. The van der Waals surface area contributed by atoms with Crippen LogP contribution in [0.15, 0.2) is 0 Å². The van der Waals surface area contributed by atoms with E-state index in [4.69, 9.17) is 0 Å². The van der Waals surface area contributed by atoms with E-state index in [0.717, 1.165) is 11.8 Å². The topological polar surface area (TPSA) is 3.24 Å². The average Bonchev–Trinajstić information content (AvgIpc) is 1.78. The van der Waals surface area contributed by atoms with Crippen molar-refractivity contribution in [2.24, 2.45) is 17.3 Å². The van der Waals surface area contributed by atoms with Crippen molar-refractivity contribution in [3.63, 3.8) is 0 Å². The standard InChI is InChI=1S/C12H25N/c1-10-6-11(9-13(4)5)8-12(2,3)7-10/h10-11H,6-9H2,1-5H3/t10-,11+/m0/s1. The summed E-state index contributed by atoms with van der Waals surface area (Å²) in [6, 6.07) is 0. The fraction of sp³-hybridized carbons (Fsp3) is 1.00. The van der Waals surface area contributed by atoms with Crippen LogP contribution in [-0.2, 0) is 0 Å². The lowest BCUT2D eigenvalue weighted by Crippen LogP contribution is -2.33. The molecule has 1 heteroatoms. The first kappa shape index (κ1) is 11.0. The first-order chi connectivity index (χ1) is 5.89. The molecule has 0 spiro atoms. The molecule has 0 unspecified atom stereocenters. The van der Waals surface area contributed by atoms with E-state index in [1.54, 1.807) is 0 Å². The Bertz CT molecular complexity index is 159. The maximum Gasteiger partial charge on any atom is 0.000386 e. The molecular weight excluding hydrogens is 158 g/mol. The Morgan fingerprint density at radius 3 is 2.31 bits per heavy atom. The molecule has 2 atom stereocenters. The van der Waals surface area contributed by atoms with Crippen molar-refractivity contribution in [3.8, 4) is 0 Å². The van der Waals surface area contributed by atoms with Gasteiger partial charge < -0.3 is 4.90 Å². The largest absolute Gasteiger partial charge is 0.309 e. The van der Waals surface area contributed by atoms with Crippen molar-refractivity contribution < 1.29 is 0 Å². The van der Waals surface area contributed by atoms with E-state index in [1.165, 1.54) is 25.8 Å². The van der Waals surface area contributed by atoms with Crippen LogP contribution in [-0.4, -0.2) is 25.5 Å². The van der Waals surface area contributed by atoms with Crippen LogP contribution in [0.1, 0.15) is 40.0 Å². The fourth-order valence-electron chi connectivity index (χ4n) is 3.20. The van der Waals surface area contributed by atoms with Gasteiger partial charge in [0.2, 0.25) is 0 Å². The van der Waals surface area contributed by atoms with E-state index in [-0.39, 0.29) is 0 Å². The summed E-state index contributed by atoms with van der Waals surface area (Å²) in [6.45, 7) is 8.52. The minimum Gasteiger partial charge on any atom is -0.309 e. The average molecular weight is 183 g/mol. The molecule has 1 aliphatic rings. The molecule has 0 aromatic heterocycles. The zero-order chi connectivity index (χ0) is 10.1. The van der Waals surface area contributed by atoms with Gasteiger partial charge in [-0.1, -0.05) is 20.8 Å². The van der Waals surface area contributed by atoms with E-state index in [1.807, 2.05) is 0 Å². The predicted molar refractivity (Wildman–Crippen MR) is 58.8 cm³/mol. The van der Waals surface area contributed by atoms with Crippen LogP contribution in [0.2, 0.25) is 0 Å². The van der Waals surface area contributed by atoms with E-state index < -0.39 is 0 Å². The summed E-state index contributed by atoms with van der Waals surface area (Å²) in [4.78, 5) is 2.33. The smallest absolute Gasteiger partial charge is 0.000386 e. The van der Waals surface area contributed by atoms with Gasteiger partial charge in [0.05, 0.1) is 0 Å². The summed E-state index contributed by atoms with van der Waals surface area (Å²) in [5.41, 5.74) is 0.582. The van der Waals surface area contributed by atoms with Crippen molar-refractivity contribution in [3.05, 3.63) is 0 Å². The van der Waals surface area contributed by atoms with Crippen LogP contribution in [0, 0.1) is 17.3 Å². The molecule has 0 amide bonds. The van der Waals surface area contributed by atoms with Gasteiger partial charge in [-0.25, -0.2) is 0 Å². The Balaban J connectivity index is 2.48. The molecule has 1 fully saturated rings. The summed E-state index contributed by atoms with van der Waals surface area (Å²) in [5.74, 6) is 1.85. The molecule has 0 N–H and O–H groups in total. The molecule has 0 aliphatic heterocycles. The molecule has 0 radical (unpaired) electrons. The summed E-state index contributed by atoms with van der Waals surface area (Å²) in [5, 5.41) is 0. The van der Waals surface area contributed by atoms with E-state index in [0.29, 0.717) is 5.41 Å². The highest BCUT2D eigenvalue weighted by Gasteiger charge is 2.31. The molecule has 0 saturated heterocycles. The quantitative estimate of drug-likeness (QED) is 0.636. The number of nitrogens with zero attached hydrogens (tertiary/aromatic N) is 1. The SMILES string of the molecule is C[C@H]1C[C@@H](CN(C)C)CC(C)(C)C1. The van der Waals surface area contributed by atoms with Crippen molar-refractivity contribution in [2.75, 3.05) is 20.6 Å². The second kappa shape index (κ2) is 4.00. The normalized spacial score (nSPS) is 33.7. The van der Waals surface area contributed by atoms with E-state index in [2.05, 4.69) is 39.8 Å². The van der Waals surface area contributed by atoms with E-state index >= 15 is 0 Å². The van der Waals surface area contributed by atoms with Gasteiger partial charge in [0.1, 0.15) is 0 Å². The molecule has 1 rings (SSSR count). The van der Waals surface area contributed by atoms with Crippen molar-refractivity contribution in [1.82, 2.24) is 4.90 Å². The van der Waals surface area contributed by atoms with Crippen molar-refractivity contribution in [2.45, 2.75) is 40.0 Å². The minimum absolute atomic E-state index is 0.582. The summed E-state index contributed by atoms with van der Waals surface area (Å²) < 4.78 is 0. The lowest BCUT2D eigenvalue weighted by atomic mass is 9.68. The Labute approximate surface area is 83.5 Å². The van der Waals surface area contributed by atoms with Crippen molar-refractivity contribution >= 4 is 0 Å². The first-order valence-corrected chi connectivity index (χ1v) is 5.54. The zero-order valence-corrected chi connectivity index (χ0v) is 9.93. The maximum absolute atomic E-state index is 2.42. The highest BCUT2D eigenvalue weighted by Crippen LogP contribution is 2.41. The molecule has 1 nitrogen and oxygen atoms in total. The highest BCUT2D eigenvalue weighted by atomic mass is 15.1. The maximum atomic E-state index is 2.42. The van der Waals surface area contributed by atoms with Crippen molar-refractivity contribution in [1.29, 1.82) is 0 Å². The molecule has 1 saturated carbocycles. The molecule has 0 aromatic carbocycles. The second-order valence-corrected chi connectivity index (χ2v) is 6.04. The Morgan fingerprint density at radius 2 is 1.85 bits per heavy atom. The molecule has 78 valence electrons. The molecule has 0 bridgehead atoms. The van der Waals surface area contributed by atoms with Gasteiger partial charge in [-0.3, -0.25) is 0 Å². The highest BCUT2D eigenvalue weighted by molar-refractivity contribution is 4.83. The third-order valence-electron chi connectivity index (χ3n) is 3.10. The van der Waals surface area contributed by atoms with Gasteiger partial charge >= 0.3 is 0 Å². The lowest BCUT2D eigenvalue weighted by Gasteiger charge is -2.40. The van der Waals surface area contributed by atoms with Gasteiger partial charge in [-0.2, -0.15) is 0 Å². The van der Waals surface area contributed by atoms with Gasteiger partial charge in [-0.15, -0.1) is 0 Å². The van der Waals surface area contributed by atoms with Gasteiger partial charge in [0.15, 0.2) is 0 Å². The van der Waals surface area contributed by atoms with Crippen LogP contribution in [0.4, 0.5) is 0 Å². The third-order valence-corrected chi connectivity index (χ3v) is 3.10. The Hall–Kier alpha value is -0.0400. The fourth-order valence-corrected chi connectivity index (χ4v) is 3.20. The summed E-state index contributed by atoms with van der Waals surface area (Å²) >= 11 is 0. The van der Waals surface area contributed by atoms with Gasteiger partial charge in [-0.05, 0) is 50.6 Å². The Kier molecular flexibility index (Phi) is 3.39. The molecule has 0 heterocycles. The molecule has 1 aliphatic carbocycles. The minimum atomic E-state index is 0.582. The zero-order valence-electron chi connectivity index (χ0n) is 9.93. The molecular formula is C12H25N. The number of hydrogen-bond acceptors (Lipinski definition) is 1. The summed E-state index contributed by atoms with van der Waals surface area (Å²) in [7, 11) is 4.37. The van der Waals surface area contributed by atoms with Crippen LogP contribution >= 0.6 is 0 Å². The molecule has 13 heavy (non-hydrogen) atoms. The van der Waals surface area contributed by atoms with Crippen LogP contribution in [0.25, 0.3) is 0 Å². The third kappa shape index (κ3) is 3.68. The first-order valence-electron chi connectivity index (χ1n) is 5.54. The summed E-state index contributed by atoms with van der Waals surface area (Å²) in [6.07, 6.45) is 4.26. The predicted octanol–water partition coefficient (Wildman–Crippen LogP) is 3.01. The van der Waals surface area contributed by atoms with Crippen LogP contribution in [0.5, 0.6) is 0 Å². The monoisotopic (exact) mass is 183 g/mol. The lowest BCUT2D eigenvalue weighted by molar-refractivity contribution is 0.113. The van der Waals surface area contributed by atoms with Gasteiger partial charge in [0.25, 0.3) is 0 Å². The van der Waals surface area contributed by atoms with Crippen LogP contribution < -0.4 is 0 Å².